The Kier molecular flexibility index (Phi) is 25.0. The van der Waals surface area contributed by atoms with E-state index in [1.807, 2.05) is 13.8 Å². The van der Waals surface area contributed by atoms with Gasteiger partial charge in [-0.15, -0.1) is 0 Å². The van der Waals surface area contributed by atoms with E-state index in [2.05, 4.69) is 42.5 Å². The number of aliphatic hydroxyl groups excluding tert-OH is 6. The number of rotatable bonds is 16. The smallest absolute Gasteiger partial charge is 0.330 e. The van der Waals surface area contributed by atoms with Gasteiger partial charge < -0.3 is 128 Å². The summed E-state index contributed by atoms with van der Waals surface area (Å²) >= 11 is 27.0. The van der Waals surface area contributed by atoms with Gasteiger partial charge in [-0.2, -0.15) is 0 Å². The predicted octanol–water partition coefficient (Wildman–Crippen LogP) is 3.24. The first-order chi connectivity index (χ1) is 52.0. The van der Waals surface area contributed by atoms with E-state index >= 15 is 14.4 Å². The molecule has 20 N–H and O–H groups in total. The molecular formula is C73H79Cl4N9O24. The van der Waals surface area contributed by atoms with Crippen molar-refractivity contribution in [2.45, 2.75) is 163 Å². The van der Waals surface area contributed by atoms with Crippen LogP contribution in [0.15, 0.2) is 97.1 Å². The molecule has 7 aliphatic rings. The van der Waals surface area contributed by atoms with Crippen LogP contribution in [0.5, 0.6) is 46.0 Å². The summed E-state index contributed by atoms with van der Waals surface area (Å²) in [5.74, 6) is -16.1. The number of likely N-dealkylation sites (N-methyl/N-ethyl adjacent to an activating group) is 1. The number of carboxylic acids is 1. The minimum atomic E-state index is -2.37. The number of aliphatic carboxylic acids is 1. The minimum absolute atomic E-state index is 0.0745. The number of carboxylic acid groups (broad SMARTS) is 1. The Morgan fingerprint density at radius 1 is 0.682 bits per heavy atom. The third-order valence-electron chi connectivity index (χ3n) is 19.4. The van der Waals surface area contributed by atoms with Gasteiger partial charge in [0.05, 0.1) is 41.3 Å². The van der Waals surface area contributed by atoms with Crippen LogP contribution < -0.4 is 62.5 Å². The molecule has 0 spiro atoms. The molecule has 2 saturated heterocycles. The summed E-state index contributed by atoms with van der Waals surface area (Å²) in [7, 11) is 1.47. The van der Waals surface area contributed by atoms with E-state index in [1.54, 1.807) is 19.1 Å². The van der Waals surface area contributed by atoms with Crippen molar-refractivity contribution < 1.29 is 118 Å². The fraction of sp³-hybridized carbons (Fsp3) is 0.397. The lowest BCUT2D eigenvalue weighted by molar-refractivity contribution is -0.334. The van der Waals surface area contributed by atoms with Crippen molar-refractivity contribution in [2.75, 3.05) is 13.7 Å². The number of phenolic OH excluding ortho intramolecular Hbond substituents is 3. The summed E-state index contributed by atoms with van der Waals surface area (Å²) in [5, 5.41) is 136. The molecule has 33 nitrogen and oxygen atoms in total. The van der Waals surface area contributed by atoms with Crippen LogP contribution in [0.1, 0.15) is 111 Å². The zero-order valence-corrected chi connectivity index (χ0v) is 62.0. The number of amides is 7. The maximum absolute atomic E-state index is 16.2. The SMILES string of the molecule is CN[C@H](CC(C)C)C(=O)N[C@H]1C(=O)N[C@@H](CC(N)=O)C(=O)N[C@H]2C(=O)N[C@H]3C(=O)N[C@H](C(=O)N[C@H](C(=O)O)c4cc(O)cc(O)c4-c4cc3ccc4O)[C@H](O)c3ccc(c(Cl)c3)Oc3cc2cc(c3O[C@@H]2O[C@H](CO)[C@@H](O)[C@H](O)[C@H]2O[C@H]2C[C@](C)(NCc3ccc(Cl)cc3Cl)[C@H](O)[C@H](C)O2)Oc2ccc(cc2Cl)[C@H]1O. The highest BCUT2D eigenvalue weighted by Gasteiger charge is 2.52. The first kappa shape index (κ1) is 81.6. The number of halogens is 4. The van der Waals surface area contributed by atoms with Gasteiger partial charge in [0, 0.05) is 51.3 Å². The van der Waals surface area contributed by atoms with Gasteiger partial charge in [-0.25, -0.2) is 4.79 Å². The number of nitrogens with one attached hydrogen (secondary N) is 8. The lowest BCUT2D eigenvalue weighted by atomic mass is 9.84. The van der Waals surface area contributed by atoms with E-state index < -0.39 is 237 Å². The molecule has 11 bridgehead atoms. The zero-order chi connectivity index (χ0) is 79.8. The fourth-order valence-electron chi connectivity index (χ4n) is 13.6. The number of hydrogen-bond donors (Lipinski definition) is 19. The highest BCUT2D eigenvalue weighted by Crippen LogP contribution is 2.50. The normalized spacial score (nSPS) is 28.0. The quantitative estimate of drug-likeness (QED) is 0.0661. The number of benzene rings is 6. The van der Waals surface area contributed by atoms with Crippen molar-refractivity contribution in [1.29, 1.82) is 0 Å². The van der Waals surface area contributed by atoms with Crippen LogP contribution in [0.25, 0.3) is 11.1 Å². The number of nitrogens with two attached hydrogens (primary N) is 1. The van der Waals surface area contributed by atoms with Crippen LogP contribution in [-0.2, 0) is 59.1 Å². The number of hydrogen-bond acceptors (Lipinski definition) is 25. The number of aliphatic hydroxyl groups is 6. The Hall–Kier alpha value is -9.40. The Balaban J connectivity index is 1.14. The number of phenols is 3. The van der Waals surface area contributed by atoms with Crippen molar-refractivity contribution in [2.24, 2.45) is 11.7 Å². The second-order valence-electron chi connectivity index (χ2n) is 27.7. The Morgan fingerprint density at radius 3 is 1.92 bits per heavy atom. The maximum atomic E-state index is 16.2. The summed E-state index contributed by atoms with van der Waals surface area (Å²) in [6, 6.07) is 4.06. The molecule has 2 fully saturated rings. The maximum Gasteiger partial charge on any atom is 0.330 e. The lowest BCUT2D eigenvalue weighted by Gasteiger charge is -2.48. The molecule has 7 heterocycles. The minimum Gasteiger partial charge on any atom is -0.508 e. The van der Waals surface area contributed by atoms with E-state index in [0.717, 1.165) is 66.7 Å². The molecule has 6 aromatic rings. The van der Waals surface area contributed by atoms with Crippen molar-refractivity contribution in [3.05, 3.63) is 151 Å². The third kappa shape index (κ3) is 17.5. The molecular weight excluding hydrogens is 1530 g/mol. The van der Waals surface area contributed by atoms with Gasteiger partial charge in [-0.1, -0.05) is 84.5 Å². The van der Waals surface area contributed by atoms with Gasteiger partial charge in [0.1, 0.15) is 89.5 Å². The molecule has 110 heavy (non-hydrogen) atoms. The van der Waals surface area contributed by atoms with E-state index in [4.69, 9.17) is 80.6 Å². The molecule has 0 radical (unpaired) electrons. The number of carbonyl (C=O) groups excluding carboxylic acids is 7. The molecule has 18 atom stereocenters. The van der Waals surface area contributed by atoms with Gasteiger partial charge in [0.2, 0.25) is 53.4 Å². The number of primary amides is 1. The van der Waals surface area contributed by atoms with Crippen molar-refractivity contribution in [3.63, 3.8) is 0 Å². The highest BCUT2D eigenvalue weighted by molar-refractivity contribution is 6.35. The zero-order valence-electron chi connectivity index (χ0n) is 58.9. The number of carbonyl (C=O) groups is 8. The Labute approximate surface area is 646 Å². The van der Waals surface area contributed by atoms with E-state index in [1.165, 1.54) is 32.2 Å². The van der Waals surface area contributed by atoms with E-state index in [0.29, 0.717) is 15.6 Å². The van der Waals surface area contributed by atoms with E-state index in [9.17, 15) is 75.0 Å². The second kappa shape index (κ2) is 33.7. The summed E-state index contributed by atoms with van der Waals surface area (Å²) in [6.07, 6.45) is -18.8. The van der Waals surface area contributed by atoms with Gasteiger partial charge in [0.25, 0.3) is 0 Å². The predicted molar refractivity (Wildman–Crippen MR) is 388 cm³/mol. The molecule has 7 aliphatic heterocycles. The van der Waals surface area contributed by atoms with Crippen molar-refractivity contribution >= 4 is 93.7 Å². The summed E-state index contributed by atoms with van der Waals surface area (Å²) in [5.41, 5.74) is 2.18. The average molecular weight is 1610 g/mol. The highest BCUT2D eigenvalue weighted by atomic mass is 35.5. The van der Waals surface area contributed by atoms with Gasteiger partial charge in [-0.3, -0.25) is 33.6 Å². The molecule has 588 valence electrons. The van der Waals surface area contributed by atoms with Gasteiger partial charge >= 0.3 is 5.97 Å². The van der Waals surface area contributed by atoms with Crippen LogP contribution in [0.4, 0.5) is 0 Å². The topological polar surface area (TPSA) is 517 Å². The Morgan fingerprint density at radius 2 is 1.31 bits per heavy atom. The monoisotopic (exact) mass is 1610 g/mol. The van der Waals surface area contributed by atoms with Gasteiger partial charge in [-0.05, 0) is 128 Å². The first-order valence-electron chi connectivity index (χ1n) is 34.4. The molecule has 37 heteroatoms. The Bertz CT molecular complexity index is 4580. The number of fused-ring (bicyclic) bond motifs is 15. The van der Waals surface area contributed by atoms with Crippen molar-refractivity contribution in [1.82, 2.24) is 42.5 Å². The van der Waals surface area contributed by atoms with E-state index in [-0.39, 0.29) is 52.8 Å². The first-order valence-corrected chi connectivity index (χ1v) is 35.9. The second-order valence-corrected chi connectivity index (χ2v) is 29.4. The summed E-state index contributed by atoms with van der Waals surface area (Å²) < 4.78 is 39.2. The van der Waals surface area contributed by atoms with Crippen LogP contribution in [-0.4, -0.2) is 191 Å². The molecule has 7 amide bonds. The fourth-order valence-corrected chi connectivity index (χ4v) is 14.5. The molecule has 13 rings (SSSR count). The van der Waals surface area contributed by atoms with Crippen LogP contribution in [0, 0.1) is 5.92 Å². The molecule has 0 aliphatic carbocycles. The largest absolute Gasteiger partial charge is 0.508 e. The molecule has 6 aromatic carbocycles. The van der Waals surface area contributed by atoms with Crippen LogP contribution in [0.2, 0.25) is 20.1 Å². The van der Waals surface area contributed by atoms with Gasteiger partial charge in [0.15, 0.2) is 29.9 Å². The summed E-state index contributed by atoms with van der Waals surface area (Å²) in [6.45, 7) is 5.92. The van der Waals surface area contributed by atoms with Crippen LogP contribution in [0.3, 0.4) is 0 Å². The van der Waals surface area contributed by atoms with Crippen LogP contribution >= 0.6 is 46.4 Å². The van der Waals surface area contributed by atoms with Crippen molar-refractivity contribution in [3.8, 4) is 57.1 Å². The molecule has 0 aromatic heterocycles. The number of aromatic hydroxyl groups is 3. The lowest BCUT2D eigenvalue weighted by Crippen LogP contribution is -2.65. The molecule has 0 unspecified atom stereocenters. The molecule has 0 saturated carbocycles. The number of ether oxygens (including phenoxy) is 6. The third-order valence-corrected chi connectivity index (χ3v) is 20.6. The summed E-state index contributed by atoms with van der Waals surface area (Å²) in [4.78, 5) is 118. The average Bonchev–Trinajstić information content (AvgIpc) is 0.767. The standard InChI is InChI=1S/C73H79Cl4N9O24/c1-27(2)14-41(79-5)65(97)85-56-58(92)30-8-12-45(39(76)16-30)106-47-18-33-19-48(62(47)110-72-63(61(95)60(94)49(26-87)108-72)109-51-24-73(4,64(96)28(3)105-51)80-25-32-6-10-34(74)20-38(32)75)107-46-13-9-31(17-40(46)77)59(93)57-70(102)84-55(71(103)104)37-21-35(88)22-44(90)52(37)36-15-29(7-11-43(36)89)53(67(99)86-57)83-68(100)54(33)82-66(98)42(23-50(78)91)81-69(56)101/h6-13,15-22,27-28,41-42,49,51,53-61,63-64,72,79-80,87-90,92-96H,14,23-26H2,1-5H3,(H2,78,91)(H,81,101)(H,82,98)(H,83,100)(H,84,102)(H,85,97)(H,86,99)(H,103,104)/t28-,41+,42-,49+,51-,53+,54+,55-,56+,57-,58+,59+,60+,61-,63+,64+,72-,73-/m0/s1.